The Kier molecular flexibility index (Phi) is 6.00. The van der Waals surface area contributed by atoms with E-state index < -0.39 is 0 Å². The quantitative estimate of drug-likeness (QED) is 0.420. The van der Waals surface area contributed by atoms with Crippen LogP contribution in [0.5, 0.6) is 0 Å². The lowest BCUT2D eigenvalue weighted by Gasteiger charge is -2.38. The van der Waals surface area contributed by atoms with Crippen molar-refractivity contribution in [3.63, 3.8) is 0 Å². The van der Waals surface area contributed by atoms with E-state index in [1.54, 1.807) is 19.4 Å². The molecule has 184 valence electrons. The molecule has 3 aromatic heterocycles. The van der Waals surface area contributed by atoms with Crippen molar-refractivity contribution >= 4 is 29.0 Å². The summed E-state index contributed by atoms with van der Waals surface area (Å²) < 4.78 is 7.11. The molecular formula is C24H31N9O2. The zero-order chi connectivity index (χ0) is 24.6. The van der Waals surface area contributed by atoms with E-state index in [0.717, 1.165) is 43.7 Å². The summed E-state index contributed by atoms with van der Waals surface area (Å²) in [5, 5.41) is 22.0. The molecule has 1 aliphatic heterocycles. The predicted octanol–water partition coefficient (Wildman–Crippen LogP) is 2.27. The lowest BCUT2D eigenvalue weighted by Crippen LogP contribution is -2.44. The molecule has 11 nitrogen and oxygen atoms in total. The number of amides is 1. The van der Waals surface area contributed by atoms with Crippen molar-refractivity contribution in [3.05, 3.63) is 42.1 Å². The SMILES string of the molecule is CN/C=C(\C=N)c1cn2nccc2c(N2CC[C@H](CNC(=O)c3noc(C4(C)CC4)n3)[C@@H](C)C2)n1. The maximum absolute atomic E-state index is 12.6. The van der Waals surface area contributed by atoms with Crippen LogP contribution in [0.1, 0.15) is 55.3 Å². The van der Waals surface area contributed by atoms with Gasteiger partial charge in [0, 0.05) is 50.1 Å². The number of carbonyl (C=O) groups excluding carboxylic acids is 1. The van der Waals surface area contributed by atoms with Crippen LogP contribution in [0.3, 0.4) is 0 Å². The van der Waals surface area contributed by atoms with Gasteiger partial charge in [0.05, 0.1) is 18.1 Å². The van der Waals surface area contributed by atoms with Gasteiger partial charge in [0.25, 0.3) is 11.7 Å². The van der Waals surface area contributed by atoms with E-state index >= 15 is 0 Å². The monoisotopic (exact) mass is 477 g/mol. The lowest BCUT2D eigenvalue weighted by atomic mass is 9.86. The number of carbonyl (C=O) groups is 1. The fourth-order valence-corrected chi connectivity index (χ4v) is 4.58. The number of anilines is 1. The van der Waals surface area contributed by atoms with Gasteiger partial charge in [0.15, 0.2) is 5.82 Å². The van der Waals surface area contributed by atoms with Crippen molar-refractivity contribution in [2.24, 2.45) is 11.8 Å². The molecule has 0 spiro atoms. The summed E-state index contributed by atoms with van der Waals surface area (Å²) >= 11 is 0. The fraction of sp³-hybridized carbons (Fsp3) is 0.500. The van der Waals surface area contributed by atoms with Gasteiger partial charge in [0.2, 0.25) is 5.89 Å². The molecule has 1 amide bonds. The van der Waals surface area contributed by atoms with Crippen LogP contribution in [0, 0.1) is 17.2 Å². The normalized spacial score (nSPS) is 21.7. The van der Waals surface area contributed by atoms with E-state index in [0.29, 0.717) is 35.5 Å². The second-order valence-electron chi connectivity index (χ2n) is 9.81. The number of aromatic nitrogens is 5. The molecule has 4 heterocycles. The molecule has 0 radical (unpaired) electrons. The molecule has 3 N–H and O–H groups in total. The summed E-state index contributed by atoms with van der Waals surface area (Å²) in [4.78, 5) is 24.1. The van der Waals surface area contributed by atoms with Crippen molar-refractivity contribution in [1.29, 1.82) is 5.41 Å². The first-order valence-corrected chi connectivity index (χ1v) is 12.0. The average Bonchev–Trinajstić information content (AvgIpc) is 3.26. The molecule has 11 heteroatoms. The van der Waals surface area contributed by atoms with Gasteiger partial charge in [-0.3, -0.25) is 4.79 Å². The van der Waals surface area contributed by atoms with E-state index in [2.05, 4.69) is 44.6 Å². The smallest absolute Gasteiger partial charge is 0.292 e. The summed E-state index contributed by atoms with van der Waals surface area (Å²) in [5.74, 6) is 1.89. The largest absolute Gasteiger partial charge is 0.393 e. The van der Waals surface area contributed by atoms with Gasteiger partial charge in [-0.2, -0.15) is 10.1 Å². The molecule has 0 unspecified atom stereocenters. The summed E-state index contributed by atoms with van der Waals surface area (Å²) in [6, 6.07) is 1.95. The number of allylic oxidation sites excluding steroid dienone is 1. The number of fused-ring (bicyclic) bond motifs is 1. The highest BCUT2D eigenvalue weighted by atomic mass is 16.5. The first-order valence-electron chi connectivity index (χ1n) is 12.0. The number of nitrogens with one attached hydrogen (secondary N) is 3. The van der Waals surface area contributed by atoms with Gasteiger partial charge in [0.1, 0.15) is 5.52 Å². The predicted molar refractivity (Wildman–Crippen MR) is 132 cm³/mol. The Labute approximate surface area is 203 Å². The van der Waals surface area contributed by atoms with E-state index in [4.69, 9.17) is 14.9 Å². The van der Waals surface area contributed by atoms with Gasteiger partial charge in [-0.25, -0.2) is 9.50 Å². The maximum Gasteiger partial charge on any atom is 0.292 e. The van der Waals surface area contributed by atoms with Crippen LogP contribution in [0.2, 0.25) is 0 Å². The van der Waals surface area contributed by atoms with E-state index in [9.17, 15) is 4.79 Å². The Morgan fingerprint density at radius 2 is 2.20 bits per heavy atom. The Morgan fingerprint density at radius 1 is 1.37 bits per heavy atom. The van der Waals surface area contributed by atoms with Crippen molar-refractivity contribution in [3.8, 4) is 0 Å². The van der Waals surface area contributed by atoms with Crippen molar-refractivity contribution in [2.45, 2.75) is 38.5 Å². The van der Waals surface area contributed by atoms with Crippen LogP contribution in [0.25, 0.3) is 11.1 Å². The maximum atomic E-state index is 12.6. The highest BCUT2D eigenvalue weighted by Crippen LogP contribution is 2.46. The molecule has 5 rings (SSSR count). The first kappa shape index (κ1) is 23.0. The van der Waals surface area contributed by atoms with Crippen molar-refractivity contribution in [1.82, 2.24) is 35.4 Å². The standard InChI is InChI=1S/C24H31N9O2/c1-15-13-32(21-19-4-8-28-33(19)14-18(29-21)17(10-25)11-26-3)9-5-16(15)12-27-22(34)20-30-23(35-31-20)24(2)6-7-24/h4,8,10-11,14-16,25-26H,5-7,9,12-13H2,1-3H3,(H,27,34)/b17-11+,25-10?/t15-,16+/m0/s1. The molecule has 0 bridgehead atoms. The minimum Gasteiger partial charge on any atom is -0.393 e. The fourth-order valence-electron chi connectivity index (χ4n) is 4.58. The molecule has 1 saturated heterocycles. The van der Waals surface area contributed by atoms with Crippen LogP contribution in [0.4, 0.5) is 5.82 Å². The zero-order valence-electron chi connectivity index (χ0n) is 20.3. The molecule has 2 fully saturated rings. The number of rotatable bonds is 8. The third-order valence-corrected chi connectivity index (χ3v) is 7.17. The van der Waals surface area contributed by atoms with Gasteiger partial charge >= 0.3 is 0 Å². The van der Waals surface area contributed by atoms with Crippen LogP contribution in [-0.2, 0) is 5.41 Å². The number of hydrogen-bond acceptors (Lipinski definition) is 9. The van der Waals surface area contributed by atoms with E-state index in [1.807, 2.05) is 16.8 Å². The molecule has 1 saturated carbocycles. The molecular weight excluding hydrogens is 446 g/mol. The number of hydrogen-bond donors (Lipinski definition) is 3. The van der Waals surface area contributed by atoms with E-state index in [-0.39, 0.29) is 17.1 Å². The van der Waals surface area contributed by atoms with Crippen molar-refractivity contribution < 1.29 is 9.32 Å². The number of piperidine rings is 1. The minimum absolute atomic E-state index is 0.0541. The topological polar surface area (TPSA) is 137 Å². The minimum atomic E-state index is -0.287. The second-order valence-corrected chi connectivity index (χ2v) is 9.81. The van der Waals surface area contributed by atoms with Gasteiger partial charge < -0.3 is 25.5 Å². The third kappa shape index (κ3) is 4.50. The van der Waals surface area contributed by atoms with E-state index in [1.165, 1.54) is 6.21 Å². The van der Waals surface area contributed by atoms with Gasteiger partial charge in [-0.05, 0) is 37.2 Å². The molecule has 3 aromatic rings. The molecule has 1 aliphatic carbocycles. The molecule has 2 aliphatic rings. The Balaban J connectivity index is 1.25. The zero-order valence-corrected chi connectivity index (χ0v) is 20.3. The van der Waals surface area contributed by atoms with Gasteiger partial charge in [-0.15, -0.1) is 0 Å². The summed E-state index contributed by atoms with van der Waals surface area (Å²) in [6.45, 7) is 6.45. The molecule has 35 heavy (non-hydrogen) atoms. The lowest BCUT2D eigenvalue weighted by molar-refractivity contribution is 0.0926. The van der Waals surface area contributed by atoms with Crippen LogP contribution >= 0.6 is 0 Å². The second kappa shape index (κ2) is 9.12. The summed E-state index contributed by atoms with van der Waals surface area (Å²) in [5.41, 5.74) is 2.24. The van der Waals surface area contributed by atoms with Crippen LogP contribution in [0.15, 0.2) is 29.2 Å². The summed E-state index contributed by atoms with van der Waals surface area (Å²) in [7, 11) is 1.80. The molecule has 0 aromatic carbocycles. The first-order chi connectivity index (χ1) is 16.9. The number of nitrogens with zero attached hydrogens (tertiary/aromatic N) is 6. The van der Waals surface area contributed by atoms with Crippen LogP contribution < -0.4 is 15.5 Å². The average molecular weight is 478 g/mol. The molecule has 2 atom stereocenters. The highest BCUT2D eigenvalue weighted by molar-refractivity contribution is 6.07. The Morgan fingerprint density at radius 3 is 2.91 bits per heavy atom. The Bertz CT molecular complexity index is 1270. The van der Waals surface area contributed by atoms with Crippen molar-refractivity contribution in [2.75, 3.05) is 31.6 Å². The Hall–Kier alpha value is -3.76. The van der Waals surface area contributed by atoms with Gasteiger partial charge in [-0.1, -0.05) is 19.0 Å². The van der Waals surface area contributed by atoms with Crippen LogP contribution in [-0.4, -0.2) is 63.5 Å². The third-order valence-electron chi connectivity index (χ3n) is 7.17. The highest BCUT2D eigenvalue weighted by Gasteiger charge is 2.45. The summed E-state index contributed by atoms with van der Waals surface area (Å²) in [6.07, 6.45) is 9.58.